The molecular formula is C32H49N3O12S. The molecule has 2 aromatic carbocycles. The van der Waals surface area contributed by atoms with Crippen LogP contribution in [0, 0.1) is 0 Å². The highest BCUT2D eigenvalue weighted by Crippen LogP contribution is 2.32. The zero-order chi connectivity index (χ0) is 35.2. The molecule has 4 rings (SSSR count). The summed E-state index contributed by atoms with van der Waals surface area (Å²) in [5.41, 5.74) is 0.916. The molecule has 16 heteroatoms. The summed E-state index contributed by atoms with van der Waals surface area (Å²) in [6, 6.07) is 9.81. The van der Waals surface area contributed by atoms with Crippen molar-refractivity contribution in [2.24, 2.45) is 0 Å². The maximum Gasteiger partial charge on any atom is 0.241 e. The van der Waals surface area contributed by atoms with E-state index in [-0.39, 0.29) is 11.4 Å². The van der Waals surface area contributed by atoms with Crippen molar-refractivity contribution in [2.75, 3.05) is 38.8 Å². The lowest BCUT2D eigenvalue weighted by Crippen LogP contribution is -2.67. The summed E-state index contributed by atoms with van der Waals surface area (Å²) in [6.45, 7) is 0.244. The van der Waals surface area contributed by atoms with Gasteiger partial charge in [0.2, 0.25) is 15.9 Å². The highest BCUT2D eigenvalue weighted by Gasteiger charge is 2.51. The molecule has 48 heavy (non-hydrogen) atoms. The Bertz CT molecular complexity index is 1460. The standard InChI is InChI=1S/C32H49N3O12S/c1-18(38)34-26-22(45-24(17-37)28(40)31(26)47-32-30(42)29(41)27(39)23(16-36)46-32)13-6-4-5-7-15-33-48(43,44)25-14-9-10-19-20(25)11-8-12-21(19)35(2)3/h8-12,14,22-24,26-33,36-37,39-42H,4-7,13,15-17H2,1-3H3,(H,34,38)/t22-,23+,24+,26-,27-,28+,29-,30+,31+,32-/m0/s1. The van der Waals surface area contributed by atoms with Gasteiger partial charge in [-0.25, -0.2) is 13.1 Å². The van der Waals surface area contributed by atoms with Crippen molar-refractivity contribution < 1.29 is 58.1 Å². The van der Waals surface area contributed by atoms with Gasteiger partial charge in [-0.1, -0.05) is 43.5 Å². The van der Waals surface area contributed by atoms with E-state index < -0.39 is 90.3 Å². The largest absolute Gasteiger partial charge is 0.394 e. The summed E-state index contributed by atoms with van der Waals surface area (Å²) in [7, 11) is 0.0362. The van der Waals surface area contributed by atoms with Gasteiger partial charge in [0, 0.05) is 44.0 Å². The number of carbonyl (C=O) groups is 1. The Morgan fingerprint density at radius 2 is 1.48 bits per heavy atom. The van der Waals surface area contributed by atoms with E-state index in [1.807, 2.05) is 37.2 Å². The number of fused-ring (bicyclic) bond motifs is 1. The van der Waals surface area contributed by atoms with Gasteiger partial charge in [0.1, 0.15) is 42.7 Å². The van der Waals surface area contributed by atoms with Crippen molar-refractivity contribution in [3.63, 3.8) is 0 Å². The van der Waals surface area contributed by atoms with Gasteiger partial charge >= 0.3 is 0 Å². The van der Waals surface area contributed by atoms with E-state index >= 15 is 0 Å². The predicted octanol–water partition coefficient (Wildman–Crippen LogP) is -1.05. The summed E-state index contributed by atoms with van der Waals surface area (Å²) in [6.07, 6.45) is -9.59. The number of hydrogen-bond donors (Lipinski definition) is 8. The number of amides is 1. The molecule has 270 valence electrons. The van der Waals surface area contributed by atoms with Crippen molar-refractivity contribution in [1.29, 1.82) is 0 Å². The lowest BCUT2D eigenvalue weighted by molar-refractivity contribution is -0.332. The SMILES string of the molecule is CC(=O)N[C@@H]1[C@@H](O[C@@H]2O[C@H](CO)[C@H](O)[C@H](O)[C@H]2O)[C@H](O)[C@@H](CO)O[C@H]1CCCCCCNS(=O)(=O)c1cccc2c(N(C)C)cccc12. The monoisotopic (exact) mass is 699 g/mol. The Morgan fingerprint density at radius 3 is 2.15 bits per heavy atom. The van der Waals surface area contributed by atoms with E-state index in [9.17, 15) is 43.9 Å². The molecule has 10 atom stereocenters. The molecule has 15 nitrogen and oxygen atoms in total. The van der Waals surface area contributed by atoms with Crippen molar-refractivity contribution in [3.05, 3.63) is 36.4 Å². The number of carbonyl (C=O) groups excluding carboxylic acids is 1. The number of aliphatic hydroxyl groups excluding tert-OH is 6. The number of hydrogen-bond acceptors (Lipinski definition) is 13. The number of ether oxygens (including phenoxy) is 3. The molecule has 0 bridgehead atoms. The minimum absolute atomic E-state index is 0.211. The molecule has 0 unspecified atom stereocenters. The fraction of sp³-hybridized carbons (Fsp3) is 0.656. The Hall–Kier alpha value is -2.48. The Balaban J connectivity index is 1.34. The molecule has 1 amide bonds. The summed E-state index contributed by atoms with van der Waals surface area (Å²) in [5, 5.41) is 65.4. The van der Waals surface area contributed by atoms with Crippen LogP contribution in [0.4, 0.5) is 5.69 Å². The van der Waals surface area contributed by atoms with Crippen LogP contribution in [0.2, 0.25) is 0 Å². The zero-order valence-corrected chi connectivity index (χ0v) is 28.2. The van der Waals surface area contributed by atoms with E-state index in [2.05, 4.69) is 10.0 Å². The maximum absolute atomic E-state index is 13.2. The number of nitrogens with one attached hydrogen (secondary N) is 2. The molecule has 2 aliphatic heterocycles. The van der Waals surface area contributed by atoms with Crippen molar-refractivity contribution >= 4 is 32.4 Å². The summed E-state index contributed by atoms with van der Waals surface area (Å²) >= 11 is 0. The van der Waals surface area contributed by atoms with Gasteiger partial charge in [0.15, 0.2) is 6.29 Å². The molecule has 8 N–H and O–H groups in total. The fourth-order valence-corrected chi connectivity index (χ4v) is 7.62. The number of nitrogens with zero attached hydrogens (tertiary/aromatic N) is 1. The van der Waals surface area contributed by atoms with Crippen LogP contribution in [0.5, 0.6) is 0 Å². The summed E-state index contributed by atoms with van der Waals surface area (Å²) in [5.74, 6) is -0.456. The van der Waals surface area contributed by atoms with Crippen LogP contribution in [-0.4, -0.2) is 140 Å². The number of rotatable bonds is 15. The predicted molar refractivity (Wildman–Crippen MR) is 175 cm³/mol. The van der Waals surface area contributed by atoms with Crippen molar-refractivity contribution in [2.45, 2.75) is 105 Å². The van der Waals surface area contributed by atoms with Crippen LogP contribution in [0.3, 0.4) is 0 Å². The molecule has 0 radical (unpaired) electrons. The number of benzene rings is 2. The molecule has 2 fully saturated rings. The van der Waals surface area contributed by atoms with E-state index in [0.717, 1.165) is 11.1 Å². The second-order valence-corrected chi connectivity index (χ2v) is 14.3. The first-order valence-corrected chi connectivity index (χ1v) is 17.6. The minimum Gasteiger partial charge on any atom is -0.394 e. The molecule has 0 aromatic heterocycles. The Labute approximate surface area is 280 Å². The third kappa shape index (κ3) is 8.81. The Morgan fingerprint density at radius 1 is 0.833 bits per heavy atom. The van der Waals surface area contributed by atoms with Gasteiger partial charge in [0.25, 0.3) is 0 Å². The second kappa shape index (κ2) is 17.0. The van der Waals surface area contributed by atoms with Gasteiger partial charge in [0.05, 0.1) is 30.3 Å². The van der Waals surface area contributed by atoms with Crippen LogP contribution in [0.1, 0.15) is 39.0 Å². The highest BCUT2D eigenvalue weighted by molar-refractivity contribution is 7.89. The fourth-order valence-electron chi connectivity index (χ4n) is 6.33. The molecule has 0 spiro atoms. The van der Waals surface area contributed by atoms with Gasteiger partial charge in [-0.2, -0.15) is 0 Å². The van der Waals surface area contributed by atoms with E-state index in [4.69, 9.17) is 14.2 Å². The van der Waals surface area contributed by atoms with E-state index in [0.29, 0.717) is 37.5 Å². The smallest absolute Gasteiger partial charge is 0.241 e. The van der Waals surface area contributed by atoms with Crippen LogP contribution < -0.4 is 14.9 Å². The maximum atomic E-state index is 13.2. The molecule has 2 saturated heterocycles. The van der Waals surface area contributed by atoms with Crippen LogP contribution >= 0.6 is 0 Å². The first kappa shape index (κ1) is 38.3. The van der Waals surface area contributed by atoms with E-state index in [1.165, 1.54) is 6.92 Å². The number of unbranched alkanes of at least 4 members (excludes halogenated alkanes) is 3. The lowest BCUT2D eigenvalue weighted by Gasteiger charge is -2.47. The van der Waals surface area contributed by atoms with Crippen LogP contribution in [-0.2, 0) is 29.0 Å². The zero-order valence-electron chi connectivity index (χ0n) is 27.4. The third-order valence-electron chi connectivity index (χ3n) is 8.85. The Kier molecular flexibility index (Phi) is 13.5. The number of sulfonamides is 1. The quantitative estimate of drug-likeness (QED) is 0.104. The third-order valence-corrected chi connectivity index (χ3v) is 10.4. The topological polar surface area (TPSA) is 228 Å². The highest BCUT2D eigenvalue weighted by atomic mass is 32.2. The average molecular weight is 700 g/mol. The first-order valence-electron chi connectivity index (χ1n) is 16.2. The molecule has 0 aliphatic carbocycles. The van der Waals surface area contributed by atoms with Crippen molar-refractivity contribution in [1.82, 2.24) is 10.0 Å². The van der Waals surface area contributed by atoms with Gasteiger partial charge < -0.3 is 55.1 Å². The summed E-state index contributed by atoms with van der Waals surface area (Å²) in [4.78, 5) is 14.3. The van der Waals surface area contributed by atoms with Crippen LogP contribution in [0.15, 0.2) is 41.3 Å². The summed E-state index contributed by atoms with van der Waals surface area (Å²) < 4.78 is 46.4. The average Bonchev–Trinajstić information content (AvgIpc) is 3.05. The lowest BCUT2D eigenvalue weighted by atomic mass is 9.89. The van der Waals surface area contributed by atoms with Gasteiger partial charge in [-0.15, -0.1) is 0 Å². The number of aliphatic hydroxyl groups is 6. The normalized spacial score (nSPS) is 31.1. The minimum atomic E-state index is -3.77. The van der Waals surface area contributed by atoms with Crippen molar-refractivity contribution in [3.8, 4) is 0 Å². The van der Waals surface area contributed by atoms with Crippen LogP contribution in [0.25, 0.3) is 10.8 Å². The molecule has 0 saturated carbocycles. The van der Waals surface area contributed by atoms with E-state index in [1.54, 1.807) is 18.2 Å². The first-order chi connectivity index (χ1) is 22.8. The molecule has 2 heterocycles. The molecule has 2 aliphatic rings. The molecular weight excluding hydrogens is 650 g/mol. The second-order valence-electron chi connectivity index (χ2n) is 12.5. The number of anilines is 1. The van der Waals surface area contributed by atoms with Gasteiger partial charge in [-0.05, 0) is 25.0 Å². The molecule has 2 aromatic rings. The van der Waals surface area contributed by atoms with Gasteiger partial charge in [-0.3, -0.25) is 4.79 Å².